The predicted molar refractivity (Wildman–Crippen MR) is 77.1 cm³/mol. The van der Waals surface area contributed by atoms with Crippen LogP contribution in [0.5, 0.6) is 0 Å². The molecule has 0 radical (unpaired) electrons. The average molecular weight is 299 g/mol. The Morgan fingerprint density at radius 1 is 1.25 bits per heavy atom. The summed E-state index contributed by atoms with van der Waals surface area (Å²) in [7, 11) is -2.47. The van der Waals surface area contributed by atoms with Gasteiger partial charge in [0.15, 0.2) is 0 Å². The van der Waals surface area contributed by atoms with Crippen LogP contribution in [0.15, 0.2) is 29.2 Å². The lowest BCUT2D eigenvalue weighted by Crippen LogP contribution is -2.32. The highest BCUT2D eigenvalue weighted by Gasteiger charge is 2.22. The van der Waals surface area contributed by atoms with E-state index in [-0.39, 0.29) is 4.90 Å². The van der Waals surface area contributed by atoms with E-state index < -0.39 is 22.5 Å². The highest BCUT2D eigenvalue weighted by Crippen LogP contribution is 2.16. The molecule has 0 aliphatic carbocycles. The molecule has 20 heavy (non-hydrogen) atoms. The number of hydrogen-bond acceptors (Lipinski definition) is 3. The second kappa shape index (κ2) is 6.85. The molecule has 0 unspecified atom stereocenters. The van der Waals surface area contributed by atoms with E-state index in [1.165, 1.54) is 19.2 Å². The van der Waals surface area contributed by atoms with Gasteiger partial charge in [0.1, 0.15) is 6.54 Å². The molecule has 1 N–H and O–H groups in total. The Bertz CT molecular complexity index is 549. The third-order valence-electron chi connectivity index (χ3n) is 3.00. The van der Waals surface area contributed by atoms with E-state index in [1.807, 2.05) is 0 Å². The third kappa shape index (κ3) is 4.61. The topological polar surface area (TPSA) is 74.7 Å². The minimum Gasteiger partial charge on any atom is -0.480 e. The fourth-order valence-electron chi connectivity index (χ4n) is 1.74. The number of likely N-dealkylation sites (N-methyl/N-ethyl adjacent to an activating group) is 1. The zero-order valence-corrected chi connectivity index (χ0v) is 12.9. The number of nitrogens with zero attached hydrogens (tertiary/aromatic N) is 1. The maximum atomic E-state index is 12.1. The highest BCUT2D eigenvalue weighted by atomic mass is 32.2. The van der Waals surface area contributed by atoms with E-state index in [2.05, 4.69) is 13.8 Å². The highest BCUT2D eigenvalue weighted by molar-refractivity contribution is 7.89. The Hall–Kier alpha value is -1.40. The average Bonchev–Trinajstić information content (AvgIpc) is 2.36. The Kier molecular flexibility index (Phi) is 5.71. The van der Waals surface area contributed by atoms with Crippen LogP contribution < -0.4 is 0 Å². The Morgan fingerprint density at radius 3 is 2.25 bits per heavy atom. The van der Waals surface area contributed by atoms with Crippen molar-refractivity contribution in [2.45, 2.75) is 31.6 Å². The first-order valence-electron chi connectivity index (χ1n) is 6.50. The second-order valence-electron chi connectivity index (χ2n) is 5.23. The maximum absolute atomic E-state index is 12.1. The number of aryl methyl sites for hydroxylation is 1. The van der Waals surface area contributed by atoms with Gasteiger partial charge in [-0.05, 0) is 36.5 Å². The van der Waals surface area contributed by atoms with E-state index >= 15 is 0 Å². The molecule has 0 bridgehead atoms. The summed E-state index contributed by atoms with van der Waals surface area (Å²) < 4.78 is 25.0. The Balaban J connectivity index is 2.84. The van der Waals surface area contributed by atoms with Crippen LogP contribution in [0.1, 0.15) is 25.8 Å². The lowest BCUT2D eigenvalue weighted by molar-refractivity contribution is -0.137. The van der Waals surface area contributed by atoms with Crippen LogP contribution in [0.3, 0.4) is 0 Å². The van der Waals surface area contributed by atoms with Gasteiger partial charge in [-0.1, -0.05) is 26.0 Å². The molecule has 0 amide bonds. The molecule has 0 aromatic heterocycles. The molecule has 112 valence electrons. The zero-order valence-electron chi connectivity index (χ0n) is 12.0. The van der Waals surface area contributed by atoms with Gasteiger partial charge in [-0.25, -0.2) is 8.42 Å². The van der Waals surface area contributed by atoms with E-state index in [0.29, 0.717) is 5.92 Å². The molecular formula is C14H21NO4S. The normalized spacial score (nSPS) is 12.1. The summed E-state index contributed by atoms with van der Waals surface area (Å²) in [6, 6.07) is 6.63. The van der Waals surface area contributed by atoms with Gasteiger partial charge in [0.05, 0.1) is 4.90 Å². The molecule has 0 fully saturated rings. The molecule has 5 nitrogen and oxygen atoms in total. The van der Waals surface area contributed by atoms with E-state index in [0.717, 1.165) is 22.7 Å². The SMILES string of the molecule is CC(C)CCc1ccc(S(=O)(=O)N(C)CC(=O)O)cc1. The standard InChI is InChI=1S/C14H21NO4S/c1-11(2)4-5-12-6-8-13(9-7-12)20(18,19)15(3)10-14(16)17/h6-9,11H,4-5,10H2,1-3H3,(H,16,17). The minimum atomic E-state index is -3.73. The summed E-state index contributed by atoms with van der Waals surface area (Å²) in [5.74, 6) is -0.579. The number of benzene rings is 1. The number of aliphatic carboxylic acids is 1. The van der Waals surface area contributed by atoms with Crippen LogP contribution in [0.4, 0.5) is 0 Å². The summed E-state index contributed by atoms with van der Waals surface area (Å²) in [6.45, 7) is 3.73. The molecule has 0 saturated heterocycles. The number of rotatable bonds is 7. The van der Waals surface area contributed by atoms with Crippen molar-refractivity contribution in [1.82, 2.24) is 4.31 Å². The summed E-state index contributed by atoms with van der Waals surface area (Å²) in [5, 5.41) is 8.65. The van der Waals surface area contributed by atoms with Crippen molar-refractivity contribution in [1.29, 1.82) is 0 Å². The molecule has 0 aliphatic rings. The molecule has 1 aromatic carbocycles. The van der Waals surface area contributed by atoms with Crippen molar-refractivity contribution in [2.75, 3.05) is 13.6 Å². The predicted octanol–water partition coefficient (Wildman–Crippen LogP) is 1.98. The molecule has 0 atom stereocenters. The van der Waals surface area contributed by atoms with E-state index in [4.69, 9.17) is 5.11 Å². The number of carboxylic acid groups (broad SMARTS) is 1. The fraction of sp³-hybridized carbons (Fsp3) is 0.500. The molecule has 0 saturated carbocycles. The lowest BCUT2D eigenvalue weighted by atomic mass is 10.0. The van der Waals surface area contributed by atoms with Gasteiger partial charge in [-0.3, -0.25) is 4.79 Å². The number of sulfonamides is 1. The van der Waals surface area contributed by atoms with Gasteiger partial charge in [-0.2, -0.15) is 4.31 Å². The lowest BCUT2D eigenvalue weighted by Gasteiger charge is -2.15. The minimum absolute atomic E-state index is 0.120. The van der Waals surface area contributed by atoms with Gasteiger partial charge < -0.3 is 5.11 Å². The molecule has 1 rings (SSSR count). The quantitative estimate of drug-likeness (QED) is 0.835. The van der Waals surface area contributed by atoms with Gasteiger partial charge in [0, 0.05) is 7.05 Å². The van der Waals surface area contributed by atoms with E-state index in [9.17, 15) is 13.2 Å². The van der Waals surface area contributed by atoms with Crippen LogP contribution in [0.2, 0.25) is 0 Å². The number of carbonyl (C=O) groups is 1. The van der Waals surface area contributed by atoms with E-state index in [1.54, 1.807) is 12.1 Å². The van der Waals surface area contributed by atoms with Gasteiger partial charge in [-0.15, -0.1) is 0 Å². The van der Waals surface area contributed by atoms with Crippen molar-refractivity contribution < 1.29 is 18.3 Å². The summed E-state index contributed by atoms with van der Waals surface area (Å²) >= 11 is 0. The van der Waals surface area contributed by atoms with Crippen LogP contribution in [-0.2, 0) is 21.2 Å². The number of carboxylic acids is 1. The van der Waals surface area contributed by atoms with Gasteiger partial charge in [0.25, 0.3) is 0 Å². The van der Waals surface area contributed by atoms with Crippen LogP contribution >= 0.6 is 0 Å². The monoisotopic (exact) mass is 299 g/mol. The first-order valence-corrected chi connectivity index (χ1v) is 7.94. The Labute approximate surface area is 120 Å². The first-order chi connectivity index (χ1) is 9.23. The molecule has 0 heterocycles. The summed E-state index contributed by atoms with van der Waals surface area (Å²) in [5.41, 5.74) is 1.08. The maximum Gasteiger partial charge on any atom is 0.318 e. The molecular weight excluding hydrogens is 278 g/mol. The fourth-order valence-corrected chi connectivity index (χ4v) is 2.86. The van der Waals surface area contributed by atoms with Gasteiger partial charge in [0.2, 0.25) is 10.0 Å². The molecule has 1 aromatic rings. The third-order valence-corrected chi connectivity index (χ3v) is 4.82. The summed E-state index contributed by atoms with van der Waals surface area (Å²) in [6.07, 6.45) is 1.95. The van der Waals surface area contributed by atoms with Crippen molar-refractivity contribution in [2.24, 2.45) is 5.92 Å². The summed E-state index contributed by atoms with van der Waals surface area (Å²) in [4.78, 5) is 10.7. The largest absolute Gasteiger partial charge is 0.480 e. The Morgan fingerprint density at radius 2 is 1.80 bits per heavy atom. The zero-order chi connectivity index (χ0) is 15.3. The van der Waals surface area contributed by atoms with Crippen molar-refractivity contribution in [3.05, 3.63) is 29.8 Å². The second-order valence-corrected chi connectivity index (χ2v) is 7.28. The smallest absolute Gasteiger partial charge is 0.318 e. The molecule has 6 heteroatoms. The number of hydrogen-bond donors (Lipinski definition) is 1. The van der Waals surface area contributed by atoms with Crippen molar-refractivity contribution in [3.63, 3.8) is 0 Å². The van der Waals surface area contributed by atoms with Crippen molar-refractivity contribution in [3.8, 4) is 0 Å². The molecule has 0 aliphatic heterocycles. The van der Waals surface area contributed by atoms with Crippen LogP contribution in [-0.4, -0.2) is 37.4 Å². The first kappa shape index (κ1) is 16.7. The van der Waals surface area contributed by atoms with Crippen LogP contribution in [0.25, 0.3) is 0 Å². The van der Waals surface area contributed by atoms with Crippen molar-refractivity contribution >= 4 is 16.0 Å². The molecule has 0 spiro atoms. The van der Waals surface area contributed by atoms with Crippen LogP contribution in [0, 0.1) is 5.92 Å². The van der Waals surface area contributed by atoms with Gasteiger partial charge >= 0.3 is 5.97 Å².